The molecule has 0 saturated carbocycles. The minimum absolute atomic E-state index is 0.217. The van der Waals surface area contributed by atoms with Crippen LogP contribution >= 0.6 is 23.2 Å². The lowest BCUT2D eigenvalue weighted by Crippen LogP contribution is -2.43. The van der Waals surface area contributed by atoms with Crippen molar-refractivity contribution in [3.63, 3.8) is 0 Å². The normalized spacial score (nSPS) is 16.4. The van der Waals surface area contributed by atoms with E-state index >= 15 is 0 Å². The molecule has 0 bridgehead atoms. The average Bonchev–Trinajstić information content (AvgIpc) is 2.72. The summed E-state index contributed by atoms with van der Waals surface area (Å²) in [7, 11) is 1.00. The van der Waals surface area contributed by atoms with Crippen LogP contribution in [0.5, 0.6) is 0 Å². The topological polar surface area (TPSA) is 52.7 Å². The first-order chi connectivity index (χ1) is 14.4. The summed E-state index contributed by atoms with van der Waals surface area (Å²) < 4.78 is 12.3. The quantitative estimate of drug-likeness (QED) is 0.672. The van der Waals surface area contributed by atoms with E-state index in [9.17, 15) is 9.00 Å². The van der Waals surface area contributed by atoms with E-state index in [-0.39, 0.29) is 12.5 Å². The first-order valence-corrected chi connectivity index (χ1v) is 12.1. The van der Waals surface area contributed by atoms with Crippen LogP contribution in [0.25, 0.3) is 0 Å². The van der Waals surface area contributed by atoms with Gasteiger partial charge < -0.3 is 10.2 Å². The zero-order chi connectivity index (χ0) is 21.7. The molecule has 1 saturated heterocycles. The fourth-order valence-corrected chi connectivity index (χ4v) is 4.89. The molecular weight excluding hydrogens is 441 g/mol. The van der Waals surface area contributed by atoms with E-state index < -0.39 is 10.8 Å². The molecule has 2 aromatic carbocycles. The minimum Gasteiger partial charge on any atom is -0.348 e. The maximum absolute atomic E-state index is 12.8. The van der Waals surface area contributed by atoms with Gasteiger partial charge in [-0.1, -0.05) is 30.1 Å². The molecule has 1 atom stereocenters. The number of nitrogens with zero attached hydrogens (tertiary/aromatic N) is 2. The minimum atomic E-state index is -1.12. The zero-order valence-electron chi connectivity index (χ0n) is 17.3. The fraction of sp³-hybridized carbons (Fsp3) is 0.409. The van der Waals surface area contributed by atoms with E-state index in [4.69, 9.17) is 23.2 Å². The van der Waals surface area contributed by atoms with Crippen molar-refractivity contribution in [3.05, 3.63) is 63.1 Å². The third kappa shape index (κ3) is 6.28. The molecule has 1 aliphatic heterocycles. The lowest BCUT2D eigenvalue weighted by Gasteiger charge is -2.32. The average molecular weight is 468 g/mol. The highest BCUT2D eigenvalue weighted by Crippen LogP contribution is 2.21. The zero-order valence-corrected chi connectivity index (χ0v) is 19.6. The van der Waals surface area contributed by atoms with Crippen LogP contribution in [0.1, 0.15) is 28.4 Å². The Hall–Kier alpha value is -1.44. The Morgan fingerprint density at radius 3 is 2.50 bits per heavy atom. The molecule has 162 valence electrons. The Bertz CT molecular complexity index is 931. The summed E-state index contributed by atoms with van der Waals surface area (Å²) in [6, 6.07) is 10.7. The SMILES string of the molecule is CCS(=O)c1ccc(Cl)cc1CNC(=O)c1cc(Cl)cc(CN2CCN(C)CC2)c1. The van der Waals surface area contributed by atoms with Crippen molar-refractivity contribution >= 4 is 39.9 Å². The van der Waals surface area contributed by atoms with Crippen molar-refractivity contribution in [2.24, 2.45) is 0 Å². The smallest absolute Gasteiger partial charge is 0.251 e. The number of hydrogen-bond donors (Lipinski definition) is 1. The van der Waals surface area contributed by atoms with Gasteiger partial charge in [-0.3, -0.25) is 13.9 Å². The van der Waals surface area contributed by atoms with Gasteiger partial charge in [0.05, 0.1) is 10.8 Å². The fourth-order valence-electron chi connectivity index (χ4n) is 3.48. The molecule has 1 heterocycles. The number of piperazine rings is 1. The summed E-state index contributed by atoms with van der Waals surface area (Å²) in [5, 5.41) is 4.01. The number of likely N-dealkylation sites (N-methyl/N-ethyl adjacent to an activating group) is 1. The molecule has 8 heteroatoms. The van der Waals surface area contributed by atoms with E-state index in [1.54, 1.807) is 24.3 Å². The summed E-state index contributed by atoms with van der Waals surface area (Å²) >= 11 is 12.4. The Kier molecular flexibility index (Phi) is 8.31. The third-order valence-corrected chi connectivity index (χ3v) is 7.06. The molecule has 0 aromatic heterocycles. The lowest BCUT2D eigenvalue weighted by molar-refractivity contribution is 0.0950. The van der Waals surface area contributed by atoms with E-state index in [2.05, 4.69) is 22.2 Å². The van der Waals surface area contributed by atoms with Crippen molar-refractivity contribution < 1.29 is 9.00 Å². The Balaban J connectivity index is 1.69. The second-order valence-electron chi connectivity index (χ2n) is 7.50. The first kappa shape index (κ1) is 23.2. The number of halogens is 2. The third-order valence-electron chi connectivity index (χ3n) is 5.19. The van der Waals surface area contributed by atoms with Crippen LogP contribution in [-0.2, 0) is 23.9 Å². The molecule has 1 unspecified atom stereocenters. The molecule has 0 spiro atoms. The Labute approximate surface area is 190 Å². The van der Waals surface area contributed by atoms with Crippen LogP contribution in [-0.4, -0.2) is 58.9 Å². The van der Waals surface area contributed by atoms with Gasteiger partial charge in [-0.25, -0.2) is 0 Å². The summed E-state index contributed by atoms with van der Waals surface area (Å²) in [4.78, 5) is 18.2. The van der Waals surface area contributed by atoms with Gasteiger partial charge in [0.1, 0.15) is 0 Å². The van der Waals surface area contributed by atoms with Gasteiger partial charge in [-0.15, -0.1) is 0 Å². The molecule has 0 radical (unpaired) electrons. The van der Waals surface area contributed by atoms with Crippen molar-refractivity contribution in [1.29, 1.82) is 0 Å². The van der Waals surface area contributed by atoms with Crippen LogP contribution in [0.15, 0.2) is 41.3 Å². The maximum atomic E-state index is 12.8. The van der Waals surface area contributed by atoms with Gasteiger partial charge in [0.25, 0.3) is 5.91 Å². The molecule has 3 rings (SSSR count). The molecular formula is C22H27Cl2N3O2S. The summed E-state index contributed by atoms with van der Waals surface area (Å²) in [5.74, 6) is 0.289. The highest BCUT2D eigenvalue weighted by Gasteiger charge is 2.16. The van der Waals surface area contributed by atoms with Gasteiger partial charge in [0.15, 0.2) is 0 Å². The van der Waals surface area contributed by atoms with Gasteiger partial charge in [-0.2, -0.15) is 0 Å². The van der Waals surface area contributed by atoms with Crippen LogP contribution in [0.3, 0.4) is 0 Å². The highest BCUT2D eigenvalue weighted by atomic mass is 35.5. The number of amides is 1. The molecule has 0 aliphatic carbocycles. The standard InChI is InChI=1S/C22H27Cl2N3O2S/c1-3-30(29)21-5-4-19(23)13-18(21)14-25-22(28)17-10-16(11-20(24)12-17)15-27-8-6-26(2)7-9-27/h4-5,10-13H,3,6-9,14-15H2,1-2H3,(H,25,28). The Morgan fingerprint density at radius 2 is 1.80 bits per heavy atom. The van der Waals surface area contributed by atoms with Crippen LogP contribution in [0.4, 0.5) is 0 Å². The number of carbonyl (C=O) groups excluding carboxylic acids is 1. The van der Waals surface area contributed by atoms with E-state index in [1.165, 1.54) is 0 Å². The molecule has 1 fully saturated rings. The van der Waals surface area contributed by atoms with Crippen LogP contribution in [0.2, 0.25) is 10.0 Å². The summed E-state index contributed by atoms with van der Waals surface area (Å²) in [6.07, 6.45) is 0. The van der Waals surface area contributed by atoms with Crippen molar-refractivity contribution in [3.8, 4) is 0 Å². The predicted octanol–water partition coefficient (Wildman–Crippen LogP) is 3.80. The highest BCUT2D eigenvalue weighted by molar-refractivity contribution is 7.85. The van der Waals surface area contributed by atoms with Gasteiger partial charge in [0.2, 0.25) is 0 Å². The van der Waals surface area contributed by atoms with Crippen LogP contribution in [0, 0.1) is 0 Å². The molecule has 5 nitrogen and oxygen atoms in total. The van der Waals surface area contributed by atoms with Gasteiger partial charge >= 0.3 is 0 Å². The van der Waals surface area contributed by atoms with E-state index in [1.807, 2.05) is 19.1 Å². The van der Waals surface area contributed by atoms with Crippen LogP contribution < -0.4 is 5.32 Å². The number of hydrogen-bond acceptors (Lipinski definition) is 4. The number of nitrogens with one attached hydrogen (secondary N) is 1. The number of rotatable bonds is 7. The second kappa shape index (κ2) is 10.7. The molecule has 2 aromatic rings. The first-order valence-electron chi connectivity index (χ1n) is 10.0. The largest absolute Gasteiger partial charge is 0.348 e. The van der Waals surface area contributed by atoms with Crippen molar-refractivity contribution in [1.82, 2.24) is 15.1 Å². The molecule has 1 aliphatic rings. The molecule has 1 amide bonds. The molecule has 30 heavy (non-hydrogen) atoms. The molecule has 1 N–H and O–H groups in total. The van der Waals surface area contributed by atoms with Gasteiger partial charge in [0, 0.05) is 65.5 Å². The number of carbonyl (C=O) groups is 1. The van der Waals surface area contributed by atoms with E-state index in [0.717, 1.165) is 43.9 Å². The maximum Gasteiger partial charge on any atom is 0.251 e. The predicted molar refractivity (Wildman–Crippen MR) is 124 cm³/mol. The summed E-state index contributed by atoms with van der Waals surface area (Å²) in [5.41, 5.74) is 2.30. The lowest BCUT2D eigenvalue weighted by atomic mass is 10.1. The Morgan fingerprint density at radius 1 is 1.07 bits per heavy atom. The summed E-state index contributed by atoms with van der Waals surface area (Å²) in [6.45, 7) is 6.95. The van der Waals surface area contributed by atoms with E-state index in [0.29, 0.717) is 26.3 Å². The van der Waals surface area contributed by atoms with Gasteiger partial charge in [-0.05, 0) is 54.6 Å². The monoisotopic (exact) mass is 467 g/mol. The van der Waals surface area contributed by atoms with Crippen molar-refractivity contribution in [2.45, 2.75) is 24.9 Å². The number of benzene rings is 2. The van der Waals surface area contributed by atoms with Crippen molar-refractivity contribution in [2.75, 3.05) is 39.0 Å². The second-order valence-corrected chi connectivity index (χ2v) is 10.1.